The van der Waals surface area contributed by atoms with Gasteiger partial charge in [0.1, 0.15) is 0 Å². The third-order valence-corrected chi connectivity index (χ3v) is 3.07. The molecule has 0 atom stereocenters. The van der Waals surface area contributed by atoms with Crippen LogP contribution in [0.1, 0.15) is 23.0 Å². The van der Waals surface area contributed by atoms with Crippen LogP contribution in [-0.4, -0.2) is 34.6 Å². The van der Waals surface area contributed by atoms with Crippen LogP contribution in [0.2, 0.25) is 0 Å². The van der Waals surface area contributed by atoms with Crippen LogP contribution in [0.5, 0.6) is 0 Å². The maximum absolute atomic E-state index is 13.9. The summed E-state index contributed by atoms with van der Waals surface area (Å²) in [6.07, 6.45) is -4.95. The molecule has 0 amide bonds. The maximum Gasteiger partial charge on any atom is 0.434 e. The molecule has 2 heterocycles. The van der Waals surface area contributed by atoms with Crippen molar-refractivity contribution in [3.8, 4) is 0 Å². The maximum atomic E-state index is 13.9. The van der Waals surface area contributed by atoms with Gasteiger partial charge in [-0.25, -0.2) is 19.2 Å². The van der Waals surface area contributed by atoms with E-state index in [1.165, 1.54) is 11.9 Å². The molecule has 2 aromatic heterocycles. The average molecular weight is 317 g/mol. The summed E-state index contributed by atoms with van der Waals surface area (Å²) in [6.45, 7) is 2.10. The second kappa shape index (κ2) is 5.39. The highest BCUT2D eigenvalue weighted by Gasteiger charge is 2.38. The fourth-order valence-corrected chi connectivity index (χ4v) is 1.87. The first-order valence-corrected chi connectivity index (χ1v) is 6.18. The van der Waals surface area contributed by atoms with Gasteiger partial charge in [0.05, 0.1) is 5.56 Å². The van der Waals surface area contributed by atoms with Crippen molar-refractivity contribution in [2.75, 3.05) is 18.5 Å². The van der Waals surface area contributed by atoms with E-state index in [0.29, 0.717) is 6.54 Å². The first-order chi connectivity index (χ1) is 10.1. The van der Waals surface area contributed by atoms with Gasteiger partial charge in [-0.05, 0) is 19.1 Å². The summed E-state index contributed by atoms with van der Waals surface area (Å²) >= 11 is 0. The molecule has 0 spiro atoms. The third-order valence-electron chi connectivity index (χ3n) is 3.07. The van der Waals surface area contributed by atoms with Crippen LogP contribution >= 0.6 is 0 Å². The van der Waals surface area contributed by atoms with Crippen LogP contribution in [-0.2, 0) is 6.18 Å². The number of anilines is 1. The van der Waals surface area contributed by atoms with Crippen molar-refractivity contribution in [2.45, 2.75) is 13.1 Å². The van der Waals surface area contributed by atoms with E-state index in [1.807, 2.05) is 0 Å². The van der Waals surface area contributed by atoms with Crippen LogP contribution in [0.25, 0.3) is 11.0 Å². The molecule has 2 aromatic rings. The Morgan fingerprint density at radius 3 is 2.45 bits per heavy atom. The molecule has 0 radical (unpaired) electrons. The molecule has 118 valence electrons. The molecule has 0 aliphatic rings. The standard InChI is InChI=1S/C13H11F4N3O2/c1-3-20(2)11-8(14)5-6-4-7(12(21)22)9(13(15,16)17)18-10(6)19-11/h4-5H,3H2,1-2H3,(H,21,22). The van der Waals surface area contributed by atoms with E-state index >= 15 is 0 Å². The molecule has 0 saturated heterocycles. The number of rotatable bonds is 3. The summed E-state index contributed by atoms with van der Waals surface area (Å²) in [4.78, 5) is 19.4. The van der Waals surface area contributed by atoms with E-state index < -0.39 is 29.2 Å². The molecule has 22 heavy (non-hydrogen) atoms. The molecule has 5 nitrogen and oxygen atoms in total. The van der Waals surface area contributed by atoms with Gasteiger partial charge in [0.15, 0.2) is 23.0 Å². The zero-order chi connectivity index (χ0) is 16.7. The van der Waals surface area contributed by atoms with Crippen molar-refractivity contribution < 1.29 is 27.5 Å². The predicted molar refractivity (Wildman–Crippen MR) is 70.4 cm³/mol. The molecule has 0 saturated carbocycles. The van der Waals surface area contributed by atoms with E-state index in [0.717, 1.165) is 12.1 Å². The number of carboxylic acid groups (broad SMARTS) is 1. The number of alkyl halides is 3. The summed E-state index contributed by atoms with van der Waals surface area (Å²) in [5.74, 6) is -2.72. The molecule has 0 aliphatic carbocycles. The molecule has 0 aliphatic heterocycles. The fourth-order valence-electron chi connectivity index (χ4n) is 1.87. The number of hydrogen-bond donors (Lipinski definition) is 1. The Morgan fingerprint density at radius 2 is 1.95 bits per heavy atom. The third kappa shape index (κ3) is 2.78. The molecule has 9 heteroatoms. The summed E-state index contributed by atoms with van der Waals surface area (Å²) in [5, 5.41) is 8.76. The second-order valence-corrected chi connectivity index (χ2v) is 4.54. The molecule has 0 fully saturated rings. The van der Waals surface area contributed by atoms with Gasteiger partial charge in [0.2, 0.25) is 0 Å². The molecular weight excluding hydrogens is 306 g/mol. The van der Waals surface area contributed by atoms with Gasteiger partial charge in [-0.15, -0.1) is 0 Å². The smallest absolute Gasteiger partial charge is 0.434 e. The Hall–Kier alpha value is -2.45. The Balaban J connectivity index is 2.78. The van der Waals surface area contributed by atoms with Crippen molar-refractivity contribution in [1.82, 2.24) is 9.97 Å². The monoisotopic (exact) mass is 317 g/mol. The zero-order valence-corrected chi connectivity index (χ0v) is 11.6. The Bertz CT molecular complexity index is 746. The first-order valence-electron chi connectivity index (χ1n) is 6.18. The van der Waals surface area contributed by atoms with E-state index in [1.54, 1.807) is 6.92 Å². The SMILES string of the molecule is CCN(C)c1nc2nc(C(F)(F)F)c(C(=O)O)cc2cc1F. The molecular formula is C13H11F4N3O2. The molecule has 0 aromatic carbocycles. The summed E-state index contributed by atoms with van der Waals surface area (Å²) in [7, 11) is 1.52. The summed E-state index contributed by atoms with van der Waals surface area (Å²) in [6, 6.07) is 1.64. The normalized spacial score (nSPS) is 11.7. The van der Waals surface area contributed by atoms with E-state index in [4.69, 9.17) is 5.11 Å². The number of fused-ring (bicyclic) bond motifs is 1. The molecule has 1 N–H and O–H groups in total. The number of halogens is 4. The van der Waals surface area contributed by atoms with Crippen molar-refractivity contribution in [1.29, 1.82) is 0 Å². The highest BCUT2D eigenvalue weighted by atomic mass is 19.4. The van der Waals surface area contributed by atoms with E-state index in [9.17, 15) is 22.4 Å². The zero-order valence-electron chi connectivity index (χ0n) is 11.6. The first kappa shape index (κ1) is 15.9. The minimum absolute atomic E-state index is 0.115. The van der Waals surface area contributed by atoms with Gasteiger partial charge >= 0.3 is 12.1 Å². The fraction of sp³-hybridized carbons (Fsp3) is 0.308. The molecule has 2 rings (SSSR count). The van der Waals surface area contributed by atoms with Crippen molar-refractivity contribution in [3.05, 3.63) is 29.2 Å². The average Bonchev–Trinajstić information content (AvgIpc) is 2.43. The molecule has 0 unspecified atom stereocenters. The lowest BCUT2D eigenvalue weighted by molar-refractivity contribution is -0.141. The van der Waals surface area contributed by atoms with Crippen LogP contribution < -0.4 is 4.90 Å². The lowest BCUT2D eigenvalue weighted by Gasteiger charge is -2.17. The number of aromatic nitrogens is 2. The van der Waals surface area contributed by atoms with Crippen LogP contribution in [0.4, 0.5) is 23.4 Å². The summed E-state index contributed by atoms with van der Waals surface area (Å²) in [5.41, 5.74) is -2.97. The van der Waals surface area contributed by atoms with E-state index in [-0.39, 0.29) is 16.9 Å². The lowest BCUT2D eigenvalue weighted by atomic mass is 10.1. The molecule has 0 bridgehead atoms. The van der Waals surface area contributed by atoms with Gasteiger partial charge in [-0.1, -0.05) is 0 Å². The predicted octanol–water partition coefficient (Wildman–Crippen LogP) is 2.94. The number of carboxylic acids is 1. The van der Waals surface area contributed by atoms with Crippen molar-refractivity contribution in [3.63, 3.8) is 0 Å². The van der Waals surface area contributed by atoms with Crippen LogP contribution in [0.3, 0.4) is 0 Å². The topological polar surface area (TPSA) is 66.3 Å². The van der Waals surface area contributed by atoms with Crippen LogP contribution in [0, 0.1) is 5.82 Å². The van der Waals surface area contributed by atoms with Gasteiger partial charge in [0.25, 0.3) is 0 Å². The van der Waals surface area contributed by atoms with Crippen molar-refractivity contribution in [2.24, 2.45) is 0 Å². The lowest BCUT2D eigenvalue weighted by Crippen LogP contribution is -2.20. The van der Waals surface area contributed by atoms with Gasteiger partial charge < -0.3 is 10.0 Å². The Kier molecular flexibility index (Phi) is 3.90. The van der Waals surface area contributed by atoms with Gasteiger partial charge in [-0.3, -0.25) is 0 Å². The van der Waals surface area contributed by atoms with Gasteiger partial charge in [-0.2, -0.15) is 13.2 Å². The Labute approximate surface area is 122 Å². The minimum Gasteiger partial charge on any atom is -0.478 e. The number of carbonyl (C=O) groups is 1. The highest BCUT2D eigenvalue weighted by Crippen LogP contribution is 2.33. The van der Waals surface area contributed by atoms with Crippen molar-refractivity contribution >= 4 is 22.8 Å². The minimum atomic E-state index is -4.95. The highest BCUT2D eigenvalue weighted by molar-refractivity contribution is 5.93. The quantitative estimate of drug-likeness (QED) is 0.882. The van der Waals surface area contributed by atoms with Gasteiger partial charge in [0, 0.05) is 19.0 Å². The van der Waals surface area contributed by atoms with Crippen LogP contribution in [0.15, 0.2) is 12.1 Å². The Morgan fingerprint density at radius 1 is 1.32 bits per heavy atom. The summed E-state index contributed by atoms with van der Waals surface area (Å²) < 4.78 is 52.6. The number of nitrogens with zero attached hydrogens (tertiary/aromatic N) is 3. The number of hydrogen-bond acceptors (Lipinski definition) is 4. The number of aromatic carboxylic acids is 1. The second-order valence-electron chi connectivity index (χ2n) is 4.54. The van der Waals surface area contributed by atoms with E-state index in [2.05, 4.69) is 9.97 Å². The largest absolute Gasteiger partial charge is 0.478 e. The number of pyridine rings is 2.